The number of ether oxygens (including phenoxy) is 1. The number of fused-ring (bicyclic) bond motifs is 3. The number of amides is 1. The van der Waals surface area contributed by atoms with Gasteiger partial charge in [0, 0.05) is 19.0 Å². The van der Waals surface area contributed by atoms with Crippen LogP contribution in [0, 0.1) is 0 Å². The number of aliphatic hydroxyl groups is 2. The molecule has 3 aromatic rings. The van der Waals surface area contributed by atoms with Crippen molar-refractivity contribution in [3.8, 4) is 11.1 Å². The fourth-order valence-corrected chi connectivity index (χ4v) is 6.70. The number of rotatable bonds is 8. The second-order valence-electron chi connectivity index (χ2n) is 9.39. The Hall–Kier alpha value is -3.40. The second kappa shape index (κ2) is 10.5. The third kappa shape index (κ3) is 5.20. The smallest absolute Gasteiger partial charge is 0.407 e. The SMILES string of the molecule is O=C(NCCC(O)C(O)c1cccc(N2CCCS2(=O)=O)c1)OCC1c2ccccc2-c2ccccc21. The molecule has 9 heteroatoms. The predicted octanol–water partition coefficient (Wildman–Crippen LogP) is 3.55. The molecule has 0 saturated carbocycles. The summed E-state index contributed by atoms with van der Waals surface area (Å²) in [5.41, 5.74) is 5.43. The van der Waals surface area contributed by atoms with E-state index >= 15 is 0 Å². The Kier molecular flexibility index (Phi) is 7.19. The van der Waals surface area contributed by atoms with E-state index in [2.05, 4.69) is 17.4 Å². The third-order valence-electron chi connectivity index (χ3n) is 7.02. The number of aliphatic hydroxyl groups excluding tert-OH is 2. The van der Waals surface area contributed by atoms with E-state index in [0.717, 1.165) is 22.3 Å². The van der Waals surface area contributed by atoms with Crippen LogP contribution < -0.4 is 9.62 Å². The van der Waals surface area contributed by atoms with Gasteiger partial charge in [-0.25, -0.2) is 13.2 Å². The maximum absolute atomic E-state index is 12.4. The number of hydrogen-bond donors (Lipinski definition) is 3. The summed E-state index contributed by atoms with van der Waals surface area (Å²) in [6.07, 6.45) is -2.32. The molecule has 0 bridgehead atoms. The number of hydrogen-bond acceptors (Lipinski definition) is 6. The highest BCUT2D eigenvalue weighted by atomic mass is 32.2. The highest BCUT2D eigenvalue weighted by Crippen LogP contribution is 2.44. The van der Waals surface area contributed by atoms with Gasteiger partial charge in [-0.2, -0.15) is 0 Å². The largest absolute Gasteiger partial charge is 0.449 e. The summed E-state index contributed by atoms with van der Waals surface area (Å²) in [7, 11) is -3.34. The molecule has 0 aromatic heterocycles. The van der Waals surface area contributed by atoms with Crippen LogP contribution in [0.25, 0.3) is 11.1 Å². The van der Waals surface area contributed by atoms with Gasteiger partial charge in [-0.15, -0.1) is 0 Å². The summed E-state index contributed by atoms with van der Waals surface area (Å²) in [4.78, 5) is 12.4. The number of nitrogens with one attached hydrogen (secondary N) is 1. The Morgan fingerprint density at radius 3 is 2.32 bits per heavy atom. The highest BCUT2D eigenvalue weighted by molar-refractivity contribution is 7.93. The summed E-state index contributed by atoms with van der Waals surface area (Å²) in [5, 5.41) is 23.8. The molecule has 1 amide bonds. The third-order valence-corrected chi connectivity index (χ3v) is 8.89. The molecule has 1 fully saturated rings. The van der Waals surface area contributed by atoms with Crippen molar-refractivity contribution in [2.75, 3.05) is 29.8 Å². The van der Waals surface area contributed by atoms with E-state index in [-0.39, 0.29) is 31.2 Å². The first-order valence-electron chi connectivity index (χ1n) is 12.4. The van der Waals surface area contributed by atoms with E-state index in [9.17, 15) is 23.4 Å². The molecule has 1 aliphatic carbocycles. The average molecular weight is 523 g/mol. The number of alkyl carbamates (subject to hydrolysis) is 1. The van der Waals surface area contributed by atoms with Gasteiger partial charge in [0.15, 0.2) is 0 Å². The fourth-order valence-electron chi connectivity index (χ4n) is 5.15. The first-order chi connectivity index (χ1) is 17.8. The van der Waals surface area contributed by atoms with Gasteiger partial charge < -0.3 is 20.3 Å². The van der Waals surface area contributed by atoms with E-state index in [0.29, 0.717) is 24.2 Å². The molecule has 0 radical (unpaired) electrons. The minimum absolute atomic E-state index is 0.0442. The molecule has 2 unspecified atom stereocenters. The monoisotopic (exact) mass is 522 g/mol. The fraction of sp³-hybridized carbons (Fsp3) is 0.321. The van der Waals surface area contributed by atoms with Crippen LogP contribution in [0.15, 0.2) is 72.8 Å². The lowest BCUT2D eigenvalue weighted by molar-refractivity contribution is 0.0137. The minimum atomic E-state index is -3.34. The topological polar surface area (TPSA) is 116 Å². The zero-order valence-electron chi connectivity index (χ0n) is 20.3. The van der Waals surface area contributed by atoms with Crippen molar-refractivity contribution in [1.82, 2.24) is 5.32 Å². The molecule has 37 heavy (non-hydrogen) atoms. The summed E-state index contributed by atoms with van der Waals surface area (Å²) in [6.45, 7) is 0.695. The van der Waals surface area contributed by atoms with Crippen LogP contribution in [0.3, 0.4) is 0 Å². The number of nitrogens with zero attached hydrogens (tertiary/aromatic N) is 1. The van der Waals surface area contributed by atoms with E-state index in [1.54, 1.807) is 24.3 Å². The van der Waals surface area contributed by atoms with Crippen molar-refractivity contribution in [3.63, 3.8) is 0 Å². The van der Waals surface area contributed by atoms with Gasteiger partial charge in [-0.05, 0) is 52.8 Å². The van der Waals surface area contributed by atoms with Crippen molar-refractivity contribution < 1.29 is 28.2 Å². The number of carbonyl (C=O) groups is 1. The Labute approximate surface area is 216 Å². The molecule has 1 heterocycles. The summed E-state index contributed by atoms with van der Waals surface area (Å²) in [6, 6.07) is 22.7. The molecular weight excluding hydrogens is 492 g/mol. The average Bonchev–Trinajstić information content (AvgIpc) is 3.43. The van der Waals surface area contributed by atoms with Crippen molar-refractivity contribution in [2.24, 2.45) is 0 Å². The lowest BCUT2D eigenvalue weighted by atomic mass is 9.98. The van der Waals surface area contributed by atoms with Crippen molar-refractivity contribution in [1.29, 1.82) is 0 Å². The first kappa shape index (κ1) is 25.3. The Morgan fingerprint density at radius 2 is 1.68 bits per heavy atom. The van der Waals surface area contributed by atoms with Crippen LogP contribution in [0.5, 0.6) is 0 Å². The lowest BCUT2D eigenvalue weighted by Crippen LogP contribution is -2.31. The molecule has 3 N–H and O–H groups in total. The highest BCUT2D eigenvalue weighted by Gasteiger charge is 2.30. The van der Waals surface area contributed by atoms with Crippen LogP contribution in [-0.4, -0.2) is 56.3 Å². The Balaban J connectivity index is 1.13. The van der Waals surface area contributed by atoms with Crippen molar-refractivity contribution in [3.05, 3.63) is 89.5 Å². The van der Waals surface area contributed by atoms with Crippen LogP contribution >= 0.6 is 0 Å². The molecule has 5 rings (SSSR count). The van der Waals surface area contributed by atoms with Gasteiger partial charge in [-0.1, -0.05) is 60.7 Å². The van der Waals surface area contributed by atoms with Crippen molar-refractivity contribution >= 4 is 21.8 Å². The van der Waals surface area contributed by atoms with Crippen LogP contribution in [-0.2, 0) is 14.8 Å². The van der Waals surface area contributed by atoms with Gasteiger partial charge in [-0.3, -0.25) is 4.31 Å². The predicted molar refractivity (Wildman–Crippen MR) is 141 cm³/mol. The second-order valence-corrected chi connectivity index (χ2v) is 11.4. The molecule has 2 aliphatic rings. The van der Waals surface area contributed by atoms with Gasteiger partial charge in [0.25, 0.3) is 0 Å². The van der Waals surface area contributed by atoms with E-state index < -0.39 is 28.3 Å². The molecular formula is C28H30N2O6S. The number of carbonyl (C=O) groups excluding carboxylic acids is 1. The molecule has 0 spiro atoms. The van der Waals surface area contributed by atoms with Crippen LogP contribution in [0.2, 0.25) is 0 Å². The maximum Gasteiger partial charge on any atom is 0.407 e. The normalized spacial score (nSPS) is 17.6. The van der Waals surface area contributed by atoms with Crippen molar-refractivity contribution in [2.45, 2.75) is 31.0 Å². The number of sulfonamides is 1. The zero-order chi connectivity index (χ0) is 26.0. The molecule has 194 valence electrons. The van der Waals surface area contributed by atoms with Gasteiger partial charge >= 0.3 is 6.09 Å². The van der Waals surface area contributed by atoms with E-state index in [1.165, 1.54) is 4.31 Å². The summed E-state index contributed by atoms with van der Waals surface area (Å²) < 4.78 is 31.2. The summed E-state index contributed by atoms with van der Waals surface area (Å²) >= 11 is 0. The van der Waals surface area contributed by atoms with Gasteiger partial charge in [0.05, 0.1) is 17.5 Å². The Bertz CT molecular complexity index is 1350. The molecule has 1 aliphatic heterocycles. The molecule has 1 saturated heterocycles. The maximum atomic E-state index is 12.4. The standard InChI is InChI=1S/C28H30N2O6S/c31-26(27(32)19-7-5-8-20(17-19)30-15-6-16-37(30,34)35)13-14-29-28(33)36-18-25-23-11-3-1-9-21(23)22-10-2-4-12-24(22)25/h1-5,7-12,17,25-27,31-32H,6,13-16,18H2,(H,29,33). The van der Waals surface area contributed by atoms with Gasteiger partial charge in [0.2, 0.25) is 10.0 Å². The van der Waals surface area contributed by atoms with E-state index in [4.69, 9.17) is 4.74 Å². The number of anilines is 1. The van der Waals surface area contributed by atoms with Crippen LogP contribution in [0.4, 0.5) is 10.5 Å². The molecule has 3 aromatic carbocycles. The minimum Gasteiger partial charge on any atom is -0.449 e. The van der Waals surface area contributed by atoms with Gasteiger partial charge in [0.1, 0.15) is 12.7 Å². The zero-order valence-corrected chi connectivity index (χ0v) is 21.1. The summed E-state index contributed by atoms with van der Waals surface area (Å²) in [5.74, 6) is 0.0569. The molecule has 8 nitrogen and oxygen atoms in total. The first-order valence-corrected chi connectivity index (χ1v) is 14.0. The lowest BCUT2D eigenvalue weighted by Gasteiger charge is -2.22. The Morgan fingerprint density at radius 1 is 1.00 bits per heavy atom. The molecule has 2 atom stereocenters. The van der Waals surface area contributed by atoms with E-state index in [1.807, 2.05) is 36.4 Å². The quantitative estimate of drug-likeness (QED) is 0.417. The number of benzene rings is 3. The van der Waals surface area contributed by atoms with Crippen LogP contribution in [0.1, 0.15) is 41.6 Å².